The van der Waals surface area contributed by atoms with Crippen molar-refractivity contribution in [3.8, 4) is 0 Å². The van der Waals surface area contributed by atoms with Gasteiger partial charge in [-0.2, -0.15) is 0 Å². The average molecular weight is 413 g/mol. The van der Waals surface area contributed by atoms with Crippen molar-refractivity contribution in [1.82, 2.24) is 10.6 Å². The molecular formula is C24H32N2O4. The van der Waals surface area contributed by atoms with E-state index in [9.17, 15) is 14.7 Å². The van der Waals surface area contributed by atoms with Crippen molar-refractivity contribution in [3.05, 3.63) is 71.8 Å². The van der Waals surface area contributed by atoms with Gasteiger partial charge in [-0.15, -0.1) is 0 Å². The van der Waals surface area contributed by atoms with Gasteiger partial charge < -0.3 is 20.5 Å². The van der Waals surface area contributed by atoms with E-state index in [1.54, 1.807) is 6.92 Å². The highest BCUT2D eigenvalue weighted by molar-refractivity contribution is 5.86. The van der Waals surface area contributed by atoms with Crippen LogP contribution in [-0.2, 0) is 22.6 Å². The van der Waals surface area contributed by atoms with Gasteiger partial charge in [0.05, 0.1) is 12.1 Å². The molecule has 6 heteroatoms. The molecular weight excluding hydrogens is 380 g/mol. The minimum Gasteiger partial charge on any atom is -0.445 e. The van der Waals surface area contributed by atoms with Gasteiger partial charge in [0, 0.05) is 6.42 Å². The first-order valence-corrected chi connectivity index (χ1v) is 10.3. The predicted molar refractivity (Wildman–Crippen MR) is 117 cm³/mol. The summed E-state index contributed by atoms with van der Waals surface area (Å²) in [6.07, 6.45) is -0.396. The summed E-state index contributed by atoms with van der Waals surface area (Å²) in [5.74, 6) is -0.0386. The summed E-state index contributed by atoms with van der Waals surface area (Å²) in [6.45, 7) is 5.83. The molecule has 30 heavy (non-hydrogen) atoms. The Morgan fingerprint density at radius 1 is 0.900 bits per heavy atom. The number of carbonyl (C=O) groups is 2. The highest BCUT2D eigenvalue weighted by Crippen LogP contribution is 2.10. The number of hydrogen-bond donors (Lipinski definition) is 3. The second-order valence-corrected chi connectivity index (χ2v) is 7.93. The maximum atomic E-state index is 13.0. The molecule has 2 amide bonds. The van der Waals surface area contributed by atoms with Crippen LogP contribution in [0, 0.1) is 5.92 Å². The fraction of sp³-hybridized carbons (Fsp3) is 0.417. The van der Waals surface area contributed by atoms with Crippen molar-refractivity contribution in [3.63, 3.8) is 0 Å². The highest BCUT2D eigenvalue weighted by Gasteiger charge is 2.26. The summed E-state index contributed by atoms with van der Waals surface area (Å²) in [6, 6.07) is 17.6. The molecule has 0 bridgehead atoms. The first-order valence-electron chi connectivity index (χ1n) is 10.3. The Morgan fingerprint density at radius 2 is 1.47 bits per heavy atom. The van der Waals surface area contributed by atoms with E-state index in [1.165, 1.54) is 0 Å². The summed E-state index contributed by atoms with van der Waals surface area (Å²) in [4.78, 5) is 25.3. The van der Waals surface area contributed by atoms with Crippen LogP contribution in [0.25, 0.3) is 0 Å². The van der Waals surface area contributed by atoms with E-state index in [2.05, 4.69) is 10.6 Å². The second kappa shape index (κ2) is 12.0. The van der Waals surface area contributed by atoms with Crippen LogP contribution in [0.15, 0.2) is 60.7 Å². The van der Waals surface area contributed by atoms with E-state index >= 15 is 0 Å². The minimum absolute atomic E-state index is 0.121. The van der Waals surface area contributed by atoms with E-state index in [0.717, 1.165) is 11.1 Å². The van der Waals surface area contributed by atoms with Gasteiger partial charge in [0.25, 0.3) is 0 Å². The lowest BCUT2D eigenvalue weighted by Gasteiger charge is -2.26. The van der Waals surface area contributed by atoms with E-state index in [-0.39, 0.29) is 12.5 Å². The van der Waals surface area contributed by atoms with Gasteiger partial charge in [0.1, 0.15) is 12.6 Å². The number of aliphatic hydroxyl groups is 1. The lowest BCUT2D eigenvalue weighted by molar-refractivity contribution is -0.124. The molecule has 0 aliphatic rings. The molecule has 0 saturated carbocycles. The number of hydrogen-bond acceptors (Lipinski definition) is 4. The fourth-order valence-corrected chi connectivity index (χ4v) is 3.13. The van der Waals surface area contributed by atoms with Crippen LogP contribution >= 0.6 is 0 Å². The van der Waals surface area contributed by atoms with Crippen LogP contribution in [0.5, 0.6) is 0 Å². The van der Waals surface area contributed by atoms with Crippen molar-refractivity contribution in [2.24, 2.45) is 5.92 Å². The largest absolute Gasteiger partial charge is 0.445 e. The zero-order valence-electron chi connectivity index (χ0n) is 17.9. The molecule has 6 nitrogen and oxygen atoms in total. The predicted octanol–water partition coefficient (Wildman–Crippen LogP) is 3.44. The molecule has 0 radical (unpaired) electrons. The third-order valence-corrected chi connectivity index (χ3v) is 4.74. The first kappa shape index (κ1) is 23.4. The Bertz CT molecular complexity index is 778. The van der Waals surface area contributed by atoms with Gasteiger partial charge in [0.2, 0.25) is 5.91 Å². The molecule has 0 heterocycles. The quantitative estimate of drug-likeness (QED) is 0.558. The maximum absolute atomic E-state index is 13.0. The minimum atomic E-state index is -0.816. The molecule has 2 aromatic carbocycles. The summed E-state index contributed by atoms with van der Waals surface area (Å²) < 4.78 is 5.28. The molecule has 2 rings (SSSR count). The molecule has 0 spiro atoms. The molecule has 0 aromatic heterocycles. The maximum Gasteiger partial charge on any atom is 0.408 e. The van der Waals surface area contributed by atoms with E-state index in [0.29, 0.717) is 18.8 Å². The van der Waals surface area contributed by atoms with Crippen molar-refractivity contribution in [2.75, 3.05) is 0 Å². The number of rotatable bonds is 10. The van der Waals surface area contributed by atoms with Crippen LogP contribution < -0.4 is 10.6 Å². The summed E-state index contributed by atoms with van der Waals surface area (Å²) in [5.41, 5.74) is 1.78. The molecule has 0 fully saturated rings. The summed E-state index contributed by atoms with van der Waals surface area (Å²) in [5, 5.41) is 15.6. The number of nitrogens with one attached hydrogen (secondary N) is 2. The highest BCUT2D eigenvalue weighted by atomic mass is 16.5. The third kappa shape index (κ3) is 8.25. The average Bonchev–Trinajstić information content (AvgIpc) is 2.72. The molecule has 3 atom stereocenters. The lowest BCUT2D eigenvalue weighted by Crippen LogP contribution is -2.53. The Balaban J connectivity index is 2.05. The summed E-state index contributed by atoms with van der Waals surface area (Å²) in [7, 11) is 0. The van der Waals surface area contributed by atoms with E-state index in [4.69, 9.17) is 4.74 Å². The monoisotopic (exact) mass is 412 g/mol. The molecule has 0 saturated heterocycles. The van der Waals surface area contributed by atoms with Crippen molar-refractivity contribution in [2.45, 2.75) is 58.4 Å². The molecule has 2 aromatic rings. The molecule has 3 N–H and O–H groups in total. The third-order valence-electron chi connectivity index (χ3n) is 4.74. The summed E-state index contributed by atoms with van der Waals surface area (Å²) >= 11 is 0. The Kier molecular flexibility index (Phi) is 9.35. The Hall–Kier alpha value is -2.86. The van der Waals surface area contributed by atoms with Crippen molar-refractivity contribution < 1.29 is 19.4 Å². The van der Waals surface area contributed by atoms with Crippen molar-refractivity contribution in [1.29, 1.82) is 0 Å². The normalized spacial score (nSPS) is 13.9. The van der Waals surface area contributed by atoms with Crippen LogP contribution in [0.1, 0.15) is 38.3 Å². The number of aliphatic hydroxyl groups excluding tert-OH is 1. The number of alkyl carbamates (subject to hydrolysis) is 1. The van der Waals surface area contributed by atoms with Crippen LogP contribution in [0.4, 0.5) is 4.79 Å². The topological polar surface area (TPSA) is 87.7 Å². The van der Waals surface area contributed by atoms with E-state index < -0.39 is 24.3 Å². The number of carbonyl (C=O) groups excluding carboxylic acids is 2. The van der Waals surface area contributed by atoms with Crippen LogP contribution in [0.3, 0.4) is 0 Å². The van der Waals surface area contributed by atoms with Gasteiger partial charge in [-0.25, -0.2) is 4.79 Å². The standard InChI is InChI=1S/C24H32N2O4/c1-17(2)14-21(18(3)27)25-23(28)22(15-19-10-6-4-7-11-19)26-24(29)30-16-20-12-8-5-9-13-20/h4-13,17-18,21-22,27H,14-16H2,1-3H3,(H,25,28)(H,26,29)/t18-,21-,22-/m0/s1. The van der Waals surface area contributed by atoms with Gasteiger partial charge in [-0.1, -0.05) is 74.5 Å². The molecule has 162 valence electrons. The van der Waals surface area contributed by atoms with Gasteiger partial charge >= 0.3 is 6.09 Å². The lowest BCUT2D eigenvalue weighted by atomic mass is 9.98. The number of ether oxygens (including phenoxy) is 1. The van der Waals surface area contributed by atoms with Gasteiger partial charge in [0.15, 0.2) is 0 Å². The van der Waals surface area contributed by atoms with E-state index in [1.807, 2.05) is 74.5 Å². The smallest absolute Gasteiger partial charge is 0.408 e. The number of benzene rings is 2. The van der Waals surface area contributed by atoms with Crippen molar-refractivity contribution >= 4 is 12.0 Å². The molecule has 0 unspecified atom stereocenters. The second-order valence-electron chi connectivity index (χ2n) is 7.93. The van der Waals surface area contributed by atoms with Crippen LogP contribution in [0.2, 0.25) is 0 Å². The zero-order chi connectivity index (χ0) is 21.9. The van der Waals surface area contributed by atoms with Crippen LogP contribution in [-0.4, -0.2) is 35.3 Å². The fourth-order valence-electron chi connectivity index (χ4n) is 3.13. The van der Waals surface area contributed by atoms with Gasteiger partial charge in [-0.3, -0.25) is 4.79 Å². The Morgan fingerprint density at radius 3 is 2.00 bits per heavy atom. The SMILES string of the molecule is CC(C)C[C@H](NC(=O)[C@H](Cc1ccccc1)NC(=O)OCc1ccccc1)[C@H](C)O. The molecule has 0 aliphatic carbocycles. The van der Waals surface area contributed by atoms with Gasteiger partial charge in [-0.05, 0) is 30.4 Å². The first-order chi connectivity index (χ1) is 14.3. The Labute approximate surface area is 178 Å². The zero-order valence-corrected chi connectivity index (χ0v) is 17.9. The number of amides is 2. The molecule has 0 aliphatic heterocycles.